The summed E-state index contributed by atoms with van der Waals surface area (Å²) >= 11 is 1.43. The highest BCUT2D eigenvalue weighted by atomic mass is 32.1. The maximum atomic E-state index is 13.5. The van der Waals surface area contributed by atoms with Gasteiger partial charge < -0.3 is 15.4 Å². The Balaban J connectivity index is 1.67. The number of nitrogens with one attached hydrogen (secondary N) is 2. The standard InChI is InChI=1S/C18H19FN2O4S/c1-12(17(23)21-15-6-3-2-5-14(15)19)25-16(22)7-4-9-20-18(24)13-8-10-26-11-13/h2-3,5-6,8,10-12H,4,7,9H2,1H3,(H,20,24)(H,21,23). The number of amides is 2. The van der Waals surface area contributed by atoms with Crippen LogP contribution in [0.4, 0.5) is 10.1 Å². The predicted molar refractivity (Wildman–Crippen MR) is 96.5 cm³/mol. The molecule has 138 valence electrons. The molecule has 6 nitrogen and oxygen atoms in total. The van der Waals surface area contributed by atoms with E-state index in [-0.39, 0.29) is 18.0 Å². The minimum atomic E-state index is -1.05. The molecular weight excluding hydrogens is 359 g/mol. The molecule has 26 heavy (non-hydrogen) atoms. The van der Waals surface area contributed by atoms with E-state index >= 15 is 0 Å². The lowest BCUT2D eigenvalue weighted by atomic mass is 10.2. The zero-order valence-electron chi connectivity index (χ0n) is 14.2. The normalized spacial score (nSPS) is 11.5. The van der Waals surface area contributed by atoms with Crippen LogP contribution in [0.3, 0.4) is 0 Å². The Kier molecular flexibility index (Phi) is 7.28. The Morgan fingerprint density at radius 1 is 1.23 bits per heavy atom. The second-order valence-electron chi connectivity index (χ2n) is 5.47. The first-order valence-corrected chi connectivity index (χ1v) is 8.97. The molecule has 0 aliphatic heterocycles. The number of rotatable bonds is 8. The molecule has 0 spiro atoms. The summed E-state index contributed by atoms with van der Waals surface area (Å²) in [6.45, 7) is 1.73. The number of para-hydroxylation sites is 1. The third kappa shape index (κ3) is 5.96. The fourth-order valence-corrected chi connectivity index (χ4v) is 2.67. The van der Waals surface area contributed by atoms with Crippen LogP contribution in [0.25, 0.3) is 0 Å². The molecule has 1 aromatic heterocycles. The van der Waals surface area contributed by atoms with Crippen LogP contribution in [0.1, 0.15) is 30.1 Å². The average molecular weight is 378 g/mol. The maximum Gasteiger partial charge on any atom is 0.306 e. The lowest BCUT2D eigenvalue weighted by Crippen LogP contribution is -2.30. The van der Waals surface area contributed by atoms with Crippen molar-refractivity contribution in [2.24, 2.45) is 0 Å². The molecule has 2 N–H and O–H groups in total. The SMILES string of the molecule is CC(OC(=O)CCCNC(=O)c1ccsc1)C(=O)Nc1ccccc1F. The molecule has 2 rings (SSSR count). The van der Waals surface area contributed by atoms with Gasteiger partial charge in [-0.25, -0.2) is 4.39 Å². The first-order valence-electron chi connectivity index (χ1n) is 8.02. The molecule has 0 fully saturated rings. The Hall–Kier alpha value is -2.74. The number of benzene rings is 1. The molecule has 0 bridgehead atoms. The van der Waals surface area contributed by atoms with Crippen LogP contribution in [-0.2, 0) is 14.3 Å². The zero-order valence-corrected chi connectivity index (χ0v) is 15.0. The van der Waals surface area contributed by atoms with E-state index < -0.39 is 23.8 Å². The van der Waals surface area contributed by atoms with Crippen LogP contribution in [0, 0.1) is 5.82 Å². The Morgan fingerprint density at radius 2 is 2.00 bits per heavy atom. The van der Waals surface area contributed by atoms with Gasteiger partial charge in [-0.3, -0.25) is 14.4 Å². The van der Waals surface area contributed by atoms with Gasteiger partial charge in [-0.1, -0.05) is 12.1 Å². The summed E-state index contributed by atoms with van der Waals surface area (Å²) in [7, 11) is 0. The van der Waals surface area contributed by atoms with E-state index in [1.807, 2.05) is 0 Å². The fraction of sp³-hybridized carbons (Fsp3) is 0.278. The molecule has 0 saturated carbocycles. The van der Waals surface area contributed by atoms with Crippen LogP contribution in [-0.4, -0.2) is 30.4 Å². The lowest BCUT2D eigenvalue weighted by molar-refractivity contribution is -0.153. The van der Waals surface area contributed by atoms with Gasteiger partial charge in [-0.05, 0) is 36.9 Å². The highest BCUT2D eigenvalue weighted by Crippen LogP contribution is 2.13. The van der Waals surface area contributed by atoms with Gasteiger partial charge in [0.1, 0.15) is 5.82 Å². The molecule has 0 aliphatic rings. The number of hydrogen-bond donors (Lipinski definition) is 2. The van der Waals surface area contributed by atoms with E-state index in [2.05, 4.69) is 10.6 Å². The van der Waals surface area contributed by atoms with Crippen molar-refractivity contribution in [3.8, 4) is 0 Å². The summed E-state index contributed by atoms with van der Waals surface area (Å²) in [5.41, 5.74) is 0.604. The Labute approximate surface area is 154 Å². The van der Waals surface area contributed by atoms with E-state index in [4.69, 9.17) is 4.74 Å². The fourth-order valence-electron chi connectivity index (χ4n) is 2.04. The molecule has 1 heterocycles. The Morgan fingerprint density at radius 3 is 2.69 bits per heavy atom. The summed E-state index contributed by atoms with van der Waals surface area (Å²) in [5.74, 6) is -1.95. The smallest absolute Gasteiger partial charge is 0.306 e. The van der Waals surface area contributed by atoms with Gasteiger partial charge in [0.15, 0.2) is 6.10 Å². The second kappa shape index (κ2) is 9.67. The number of anilines is 1. The minimum absolute atomic E-state index is 0.0246. The van der Waals surface area contributed by atoms with E-state index in [1.165, 1.54) is 36.5 Å². The highest BCUT2D eigenvalue weighted by molar-refractivity contribution is 7.08. The first-order chi connectivity index (χ1) is 12.5. The molecular formula is C18H19FN2O4S. The minimum Gasteiger partial charge on any atom is -0.453 e. The van der Waals surface area contributed by atoms with E-state index in [0.717, 1.165) is 0 Å². The lowest BCUT2D eigenvalue weighted by Gasteiger charge is -2.14. The molecule has 2 amide bonds. The summed E-state index contributed by atoms with van der Waals surface area (Å²) < 4.78 is 18.5. The van der Waals surface area contributed by atoms with E-state index in [1.54, 1.807) is 22.9 Å². The molecule has 2 aromatic rings. The predicted octanol–water partition coefficient (Wildman–Crippen LogP) is 2.97. The van der Waals surface area contributed by atoms with Gasteiger partial charge in [0.05, 0.1) is 5.69 Å². The molecule has 1 aromatic carbocycles. The van der Waals surface area contributed by atoms with Gasteiger partial charge in [-0.15, -0.1) is 0 Å². The third-order valence-corrected chi connectivity index (χ3v) is 4.12. The molecule has 8 heteroatoms. The quantitative estimate of drug-likeness (QED) is 0.546. The summed E-state index contributed by atoms with van der Waals surface area (Å²) in [6, 6.07) is 7.43. The average Bonchev–Trinajstić information content (AvgIpc) is 3.15. The number of carbonyl (C=O) groups excluding carboxylic acids is 3. The van der Waals surface area contributed by atoms with E-state index in [0.29, 0.717) is 18.5 Å². The third-order valence-electron chi connectivity index (χ3n) is 3.44. The van der Waals surface area contributed by atoms with Crippen molar-refractivity contribution in [1.82, 2.24) is 5.32 Å². The molecule has 1 atom stereocenters. The summed E-state index contributed by atoms with van der Waals surface area (Å²) in [4.78, 5) is 35.4. The number of ether oxygens (including phenoxy) is 1. The number of esters is 1. The topological polar surface area (TPSA) is 84.5 Å². The number of carbonyl (C=O) groups is 3. The number of thiophene rings is 1. The van der Waals surface area contributed by atoms with Crippen molar-refractivity contribution >= 4 is 34.8 Å². The maximum absolute atomic E-state index is 13.5. The first kappa shape index (κ1) is 19.6. The summed E-state index contributed by atoms with van der Waals surface area (Å²) in [6.07, 6.45) is -0.611. The monoisotopic (exact) mass is 378 g/mol. The van der Waals surface area contributed by atoms with Crippen molar-refractivity contribution < 1.29 is 23.5 Å². The Bertz CT molecular complexity index is 764. The second-order valence-corrected chi connectivity index (χ2v) is 6.25. The number of hydrogen-bond acceptors (Lipinski definition) is 5. The number of halogens is 1. The molecule has 0 saturated heterocycles. The van der Waals surface area contributed by atoms with E-state index in [9.17, 15) is 18.8 Å². The highest BCUT2D eigenvalue weighted by Gasteiger charge is 2.18. The van der Waals surface area contributed by atoms with Crippen LogP contribution < -0.4 is 10.6 Å². The van der Waals surface area contributed by atoms with Crippen LogP contribution in [0.2, 0.25) is 0 Å². The largest absolute Gasteiger partial charge is 0.453 e. The van der Waals surface area contributed by atoms with Crippen molar-refractivity contribution in [3.05, 3.63) is 52.5 Å². The van der Waals surface area contributed by atoms with Crippen molar-refractivity contribution in [2.75, 3.05) is 11.9 Å². The van der Waals surface area contributed by atoms with Gasteiger partial charge in [-0.2, -0.15) is 11.3 Å². The van der Waals surface area contributed by atoms with Gasteiger partial charge in [0, 0.05) is 23.9 Å². The van der Waals surface area contributed by atoms with Crippen LogP contribution >= 0.6 is 11.3 Å². The van der Waals surface area contributed by atoms with Crippen LogP contribution in [0.15, 0.2) is 41.1 Å². The van der Waals surface area contributed by atoms with Gasteiger partial charge in [0.25, 0.3) is 11.8 Å². The van der Waals surface area contributed by atoms with Crippen molar-refractivity contribution in [3.63, 3.8) is 0 Å². The van der Waals surface area contributed by atoms with Crippen molar-refractivity contribution in [1.29, 1.82) is 0 Å². The van der Waals surface area contributed by atoms with Crippen molar-refractivity contribution in [2.45, 2.75) is 25.9 Å². The zero-order chi connectivity index (χ0) is 18.9. The summed E-state index contributed by atoms with van der Waals surface area (Å²) in [5, 5.41) is 8.60. The molecule has 0 radical (unpaired) electrons. The molecule has 1 unspecified atom stereocenters. The molecule has 0 aliphatic carbocycles. The van der Waals surface area contributed by atoms with Gasteiger partial charge in [0.2, 0.25) is 0 Å². The van der Waals surface area contributed by atoms with Crippen LogP contribution in [0.5, 0.6) is 0 Å². The van der Waals surface area contributed by atoms with Gasteiger partial charge >= 0.3 is 5.97 Å².